The minimum atomic E-state index is 0.609. The molecule has 1 heterocycles. The Hall–Kier alpha value is -1.16. The average Bonchev–Trinajstić information content (AvgIpc) is 2.19. The van der Waals surface area contributed by atoms with Crippen LogP contribution in [0.1, 0.15) is 5.82 Å². The third-order valence-electron chi connectivity index (χ3n) is 2.06. The topological polar surface area (TPSA) is 37.8 Å². The predicted octanol–water partition coefficient (Wildman–Crippen LogP) is 2.95. The summed E-state index contributed by atoms with van der Waals surface area (Å²) in [6.07, 6.45) is 0. The van der Waals surface area contributed by atoms with Crippen LogP contribution in [0.2, 0.25) is 0 Å². The zero-order valence-corrected chi connectivity index (χ0v) is 10.0. The van der Waals surface area contributed by atoms with Gasteiger partial charge in [-0.15, -0.1) is 0 Å². The summed E-state index contributed by atoms with van der Waals surface area (Å²) in [5, 5.41) is 4.15. The van der Waals surface area contributed by atoms with Gasteiger partial charge in [0, 0.05) is 16.4 Å². The highest BCUT2D eigenvalue weighted by Gasteiger charge is 2.04. The molecule has 2 aromatic rings. The van der Waals surface area contributed by atoms with Gasteiger partial charge in [0.15, 0.2) is 0 Å². The van der Waals surface area contributed by atoms with E-state index in [0.717, 1.165) is 27.0 Å². The number of aryl methyl sites for hydroxylation is 1. The number of hydrogen-bond acceptors (Lipinski definition) is 3. The predicted molar refractivity (Wildman–Crippen MR) is 65.8 cm³/mol. The molecule has 0 fully saturated rings. The van der Waals surface area contributed by atoms with Crippen molar-refractivity contribution in [3.8, 4) is 0 Å². The first kappa shape index (κ1) is 10.4. The van der Waals surface area contributed by atoms with E-state index >= 15 is 0 Å². The van der Waals surface area contributed by atoms with E-state index < -0.39 is 0 Å². The van der Waals surface area contributed by atoms with Crippen molar-refractivity contribution in [2.75, 3.05) is 11.9 Å². The SMILES string of the molecule is [CH2]CNc1nc(C)nc2ccc(Br)cc12. The van der Waals surface area contributed by atoms with Gasteiger partial charge in [-0.2, -0.15) is 0 Å². The summed E-state index contributed by atoms with van der Waals surface area (Å²) in [5.41, 5.74) is 0.946. The molecule has 0 aliphatic heterocycles. The van der Waals surface area contributed by atoms with Crippen molar-refractivity contribution in [1.29, 1.82) is 0 Å². The van der Waals surface area contributed by atoms with Crippen molar-refractivity contribution in [3.63, 3.8) is 0 Å². The molecule has 0 unspecified atom stereocenters. The van der Waals surface area contributed by atoms with Crippen LogP contribution >= 0.6 is 15.9 Å². The van der Waals surface area contributed by atoms with E-state index in [0.29, 0.717) is 6.54 Å². The molecule has 1 aromatic heterocycles. The number of nitrogens with one attached hydrogen (secondary N) is 1. The first-order valence-corrected chi connectivity index (χ1v) is 5.47. The van der Waals surface area contributed by atoms with Crippen molar-refractivity contribution in [1.82, 2.24) is 9.97 Å². The number of halogens is 1. The molecule has 3 nitrogen and oxygen atoms in total. The highest BCUT2D eigenvalue weighted by molar-refractivity contribution is 9.10. The van der Waals surface area contributed by atoms with Gasteiger partial charge in [0.1, 0.15) is 11.6 Å². The minimum absolute atomic E-state index is 0.609. The quantitative estimate of drug-likeness (QED) is 0.907. The van der Waals surface area contributed by atoms with Crippen molar-refractivity contribution >= 4 is 32.7 Å². The summed E-state index contributed by atoms with van der Waals surface area (Å²) in [6, 6.07) is 5.96. The van der Waals surface area contributed by atoms with Gasteiger partial charge in [0.05, 0.1) is 5.52 Å². The second kappa shape index (κ2) is 4.14. The van der Waals surface area contributed by atoms with Gasteiger partial charge < -0.3 is 5.32 Å². The standard InChI is InChI=1S/C11H11BrN3/c1-3-13-11-9-6-8(12)4-5-10(9)14-7(2)15-11/h4-6H,1,3H2,2H3,(H,13,14,15). The van der Waals surface area contributed by atoms with Gasteiger partial charge in [-0.3, -0.25) is 0 Å². The van der Waals surface area contributed by atoms with Gasteiger partial charge >= 0.3 is 0 Å². The molecule has 77 valence electrons. The molecule has 0 spiro atoms. The fourth-order valence-electron chi connectivity index (χ4n) is 1.47. The van der Waals surface area contributed by atoms with Crippen LogP contribution < -0.4 is 5.32 Å². The zero-order valence-electron chi connectivity index (χ0n) is 8.42. The summed E-state index contributed by atoms with van der Waals surface area (Å²) in [7, 11) is 0. The number of nitrogens with zero attached hydrogens (tertiary/aromatic N) is 2. The van der Waals surface area contributed by atoms with Crippen molar-refractivity contribution in [2.45, 2.75) is 6.92 Å². The van der Waals surface area contributed by atoms with Crippen molar-refractivity contribution in [3.05, 3.63) is 35.4 Å². The van der Waals surface area contributed by atoms with Crippen LogP contribution in [0.15, 0.2) is 22.7 Å². The van der Waals surface area contributed by atoms with Gasteiger partial charge in [-0.1, -0.05) is 15.9 Å². The van der Waals surface area contributed by atoms with Gasteiger partial charge in [0.25, 0.3) is 0 Å². The zero-order chi connectivity index (χ0) is 10.8. The largest absolute Gasteiger partial charge is 0.369 e. The molecule has 1 radical (unpaired) electrons. The van der Waals surface area contributed by atoms with E-state index in [4.69, 9.17) is 0 Å². The lowest BCUT2D eigenvalue weighted by Gasteiger charge is -2.07. The number of hydrogen-bond donors (Lipinski definition) is 1. The minimum Gasteiger partial charge on any atom is -0.369 e. The molecule has 2 rings (SSSR count). The molecule has 0 saturated carbocycles. The molecular weight excluding hydrogens is 254 g/mol. The van der Waals surface area contributed by atoms with Gasteiger partial charge in [-0.25, -0.2) is 9.97 Å². The van der Waals surface area contributed by atoms with E-state index in [1.54, 1.807) is 0 Å². The third-order valence-corrected chi connectivity index (χ3v) is 2.56. The summed E-state index contributed by atoms with van der Waals surface area (Å²) >= 11 is 3.44. The number of anilines is 1. The summed E-state index contributed by atoms with van der Waals surface area (Å²) in [4.78, 5) is 8.72. The third kappa shape index (κ3) is 2.09. The van der Waals surface area contributed by atoms with Crippen molar-refractivity contribution in [2.24, 2.45) is 0 Å². The van der Waals surface area contributed by atoms with E-state index in [2.05, 4.69) is 38.1 Å². The van der Waals surface area contributed by atoms with Crippen LogP contribution in [0, 0.1) is 13.8 Å². The van der Waals surface area contributed by atoms with E-state index in [-0.39, 0.29) is 0 Å². The summed E-state index contributed by atoms with van der Waals surface area (Å²) in [5.74, 6) is 1.61. The van der Waals surface area contributed by atoms with Crippen LogP contribution in [0.5, 0.6) is 0 Å². The Morgan fingerprint density at radius 3 is 2.93 bits per heavy atom. The smallest absolute Gasteiger partial charge is 0.137 e. The molecular formula is C11H11BrN3. The molecule has 0 aliphatic rings. The Bertz CT molecular complexity index is 496. The average molecular weight is 265 g/mol. The van der Waals surface area contributed by atoms with Crippen molar-refractivity contribution < 1.29 is 0 Å². The van der Waals surface area contributed by atoms with E-state index in [1.807, 2.05) is 25.1 Å². The molecule has 4 heteroatoms. The second-order valence-corrected chi connectivity index (χ2v) is 4.12. The lowest BCUT2D eigenvalue weighted by Crippen LogP contribution is -2.02. The number of benzene rings is 1. The summed E-state index contributed by atoms with van der Waals surface area (Å²) < 4.78 is 1.02. The maximum Gasteiger partial charge on any atom is 0.137 e. The van der Waals surface area contributed by atoms with Crippen LogP contribution in [-0.4, -0.2) is 16.5 Å². The Morgan fingerprint density at radius 2 is 2.20 bits per heavy atom. The van der Waals surface area contributed by atoms with E-state index in [9.17, 15) is 0 Å². The maximum absolute atomic E-state index is 4.37. The van der Waals surface area contributed by atoms with Gasteiger partial charge in [0.2, 0.25) is 0 Å². The number of rotatable bonds is 2. The molecule has 0 saturated heterocycles. The Kier molecular flexibility index (Phi) is 2.86. The molecule has 0 atom stereocenters. The molecule has 0 aliphatic carbocycles. The Morgan fingerprint density at radius 1 is 1.40 bits per heavy atom. The summed E-state index contributed by atoms with van der Waals surface area (Å²) in [6.45, 7) is 6.25. The molecule has 15 heavy (non-hydrogen) atoms. The second-order valence-electron chi connectivity index (χ2n) is 3.21. The normalized spacial score (nSPS) is 10.6. The van der Waals surface area contributed by atoms with Crippen LogP contribution in [0.25, 0.3) is 10.9 Å². The molecule has 0 bridgehead atoms. The van der Waals surface area contributed by atoms with Crippen LogP contribution in [0.4, 0.5) is 5.82 Å². The fraction of sp³-hybridized carbons (Fsp3) is 0.182. The fourth-order valence-corrected chi connectivity index (χ4v) is 1.83. The molecule has 1 aromatic carbocycles. The lowest BCUT2D eigenvalue weighted by molar-refractivity contribution is 1.08. The number of fused-ring (bicyclic) bond motifs is 1. The Balaban J connectivity index is 2.70. The van der Waals surface area contributed by atoms with Crippen LogP contribution in [-0.2, 0) is 0 Å². The highest BCUT2D eigenvalue weighted by atomic mass is 79.9. The lowest BCUT2D eigenvalue weighted by atomic mass is 10.2. The van der Waals surface area contributed by atoms with Crippen LogP contribution in [0.3, 0.4) is 0 Å². The molecule has 0 amide bonds. The van der Waals surface area contributed by atoms with E-state index in [1.165, 1.54) is 0 Å². The first-order valence-electron chi connectivity index (χ1n) is 4.67. The molecule has 1 N–H and O–H groups in total. The number of aromatic nitrogens is 2. The van der Waals surface area contributed by atoms with Gasteiger partial charge in [-0.05, 0) is 32.0 Å². The monoisotopic (exact) mass is 264 g/mol. The first-order chi connectivity index (χ1) is 7.20. The Labute approximate surface area is 97.1 Å². The highest BCUT2D eigenvalue weighted by Crippen LogP contribution is 2.23. The maximum atomic E-state index is 4.37.